The standard InChI is InChI=1S/C14H12N6O3/c1-22-18-13(10-6-4-8-12(15)16-10)14(21)23-20-11-7-3-2-5-9(11)17-19-20/h2-8H,1H3,(H2,15,16). The first-order chi connectivity index (χ1) is 11.2. The Balaban J connectivity index is 1.92. The van der Waals surface area contributed by atoms with Crippen LogP contribution in [0.3, 0.4) is 0 Å². The number of nitrogen functional groups attached to an aromatic ring is 1. The first kappa shape index (κ1) is 14.4. The smallest absolute Gasteiger partial charge is 0.389 e. The number of para-hydroxylation sites is 1. The molecule has 0 amide bonds. The summed E-state index contributed by atoms with van der Waals surface area (Å²) in [4.78, 5) is 27.3. The van der Waals surface area contributed by atoms with Crippen molar-refractivity contribution >= 4 is 28.5 Å². The lowest BCUT2D eigenvalue weighted by molar-refractivity contribution is -0.137. The summed E-state index contributed by atoms with van der Waals surface area (Å²) in [6, 6.07) is 11.8. The number of rotatable bonds is 4. The molecule has 3 rings (SSSR count). The van der Waals surface area contributed by atoms with Crippen LogP contribution in [0, 0.1) is 0 Å². The van der Waals surface area contributed by atoms with Gasteiger partial charge in [-0.3, -0.25) is 0 Å². The summed E-state index contributed by atoms with van der Waals surface area (Å²) >= 11 is 0. The van der Waals surface area contributed by atoms with E-state index in [1.54, 1.807) is 42.5 Å². The first-order valence-corrected chi connectivity index (χ1v) is 6.56. The monoisotopic (exact) mass is 312 g/mol. The van der Waals surface area contributed by atoms with E-state index in [4.69, 9.17) is 10.6 Å². The van der Waals surface area contributed by atoms with E-state index in [1.165, 1.54) is 7.11 Å². The van der Waals surface area contributed by atoms with Gasteiger partial charge in [-0.05, 0) is 29.5 Å². The van der Waals surface area contributed by atoms with E-state index in [9.17, 15) is 4.79 Å². The maximum atomic E-state index is 12.4. The van der Waals surface area contributed by atoms with Crippen LogP contribution in [0.5, 0.6) is 0 Å². The fraction of sp³-hybridized carbons (Fsp3) is 0.0714. The molecule has 0 aliphatic rings. The first-order valence-electron chi connectivity index (χ1n) is 6.56. The summed E-state index contributed by atoms with van der Waals surface area (Å²) in [6.07, 6.45) is 0. The van der Waals surface area contributed by atoms with Gasteiger partial charge in [0.25, 0.3) is 0 Å². The van der Waals surface area contributed by atoms with Crippen LogP contribution in [0.4, 0.5) is 5.82 Å². The Morgan fingerprint density at radius 3 is 2.83 bits per heavy atom. The molecule has 0 saturated heterocycles. The molecule has 9 heteroatoms. The van der Waals surface area contributed by atoms with Crippen molar-refractivity contribution in [2.24, 2.45) is 5.16 Å². The minimum Gasteiger partial charge on any atom is -0.398 e. The molecule has 0 bridgehead atoms. The third-order valence-electron chi connectivity index (χ3n) is 2.88. The van der Waals surface area contributed by atoms with Gasteiger partial charge in [0.15, 0.2) is 0 Å². The fourth-order valence-corrected chi connectivity index (χ4v) is 1.90. The van der Waals surface area contributed by atoms with E-state index in [2.05, 4.69) is 25.3 Å². The molecule has 0 atom stereocenters. The summed E-state index contributed by atoms with van der Waals surface area (Å²) in [6.45, 7) is 0. The summed E-state index contributed by atoms with van der Waals surface area (Å²) < 4.78 is 0. The highest BCUT2D eigenvalue weighted by Gasteiger charge is 2.21. The van der Waals surface area contributed by atoms with Crippen LogP contribution in [0.2, 0.25) is 0 Å². The third kappa shape index (κ3) is 2.93. The second-order valence-electron chi connectivity index (χ2n) is 4.40. The van der Waals surface area contributed by atoms with E-state index >= 15 is 0 Å². The molecule has 3 aromatic rings. The number of nitrogens with two attached hydrogens (primary N) is 1. The molecule has 0 radical (unpaired) electrons. The van der Waals surface area contributed by atoms with Crippen molar-refractivity contribution in [1.82, 2.24) is 20.1 Å². The molecule has 0 saturated carbocycles. The molecule has 0 unspecified atom stereocenters. The molecule has 0 aliphatic carbocycles. The average molecular weight is 312 g/mol. The van der Waals surface area contributed by atoms with E-state index < -0.39 is 5.97 Å². The van der Waals surface area contributed by atoms with Gasteiger partial charge >= 0.3 is 5.97 Å². The van der Waals surface area contributed by atoms with Gasteiger partial charge in [-0.1, -0.05) is 28.2 Å². The number of carbonyl (C=O) groups is 1. The predicted octanol–water partition coefficient (Wildman–Crippen LogP) is 0.414. The third-order valence-corrected chi connectivity index (χ3v) is 2.88. The van der Waals surface area contributed by atoms with Crippen LogP contribution in [0.25, 0.3) is 11.0 Å². The van der Waals surface area contributed by atoms with E-state index in [0.717, 1.165) is 4.85 Å². The van der Waals surface area contributed by atoms with Crippen molar-refractivity contribution in [3.8, 4) is 0 Å². The molecule has 9 nitrogen and oxygen atoms in total. The highest BCUT2D eigenvalue weighted by Crippen LogP contribution is 2.09. The van der Waals surface area contributed by atoms with Crippen molar-refractivity contribution < 1.29 is 14.5 Å². The van der Waals surface area contributed by atoms with Gasteiger partial charge in [-0.15, -0.1) is 5.10 Å². The Kier molecular flexibility index (Phi) is 3.83. The van der Waals surface area contributed by atoms with Crippen LogP contribution in [-0.4, -0.2) is 38.9 Å². The highest BCUT2D eigenvalue weighted by atomic mass is 16.7. The number of fused-ring (bicyclic) bond motifs is 1. The number of pyridine rings is 1. The SMILES string of the molecule is CON=C(C(=O)On1nnc2ccccc21)c1cccc(N)n1. The number of aromatic nitrogens is 4. The lowest BCUT2D eigenvalue weighted by Crippen LogP contribution is -2.30. The van der Waals surface area contributed by atoms with Crippen molar-refractivity contribution in [3.63, 3.8) is 0 Å². The molecule has 2 heterocycles. The molecule has 0 aliphatic heterocycles. The molecule has 2 N–H and O–H groups in total. The summed E-state index contributed by atoms with van der Waals surface area (Å²) in [7, 11) is 1.31. The van der Waals surface area contributed by atoms with Gasteiger partial charge in [0.1, 0.15) is 29.7 Å². The van der Waals surface area contributed by atoms with Crippen molar-refractivity contribution in [2.45, 2.75) is 0 Å². The van der Waals surface area contributed by atoms with Gasteiger partial charge in [0.05, 0.1) is 0 Å². The Bertz CT molecular complexity index is 889. The van der Waals surface area contributed by atoms with Crippen LogP contribution in [0.1, 0.15) is 5.69 Å². The second-order valence-corrected chi connectivity index (χ2v) is 4.40. The molecular formula is C14H12N6O3. The Morgan fingerprint density at radius 1 is 1.22 bits per heavy atom. The predicted molar refractivity (Wildman–Crippen MR) is 81.3 cm³/mol. The van der Waals surface area contributed by atoms with Gasteiger partial charge in [0, 0.05) is 0 Å². The quantitative estimate of drug-likeness (QED) is 0.421. The van der Waals surface area contributed by atoms with Gasteiger partial charge in [0.2, 0.25) is 5.71 Å². The number of anilines is 1. The summed E-state index contributed by atoms with van der Waals surface area (Å²) in [5, 5.41) is 11.3. The molecule has 0 fully saturated rings. The number of benzene rings is 1. The molecule has 0 spiro atoms. The minimum atomic E-state index is -0.805. The van der Waals surface area contributed by atoms with Gasteiger partial charge in [-0.2, -0.15) is 0 Å². The molecule has 23 heavy (non-hydrogen) atoms. The lowest BCUT2D eigenvalue weighted by Gasteiger charge is -2.06. The maximum absolute atomic E-state index is 12.4. The lowest BCUT2D eigenvalue weighted by atomic mass is 10.2. The summed E-state index contributed by atoms with van der Waals surface area (Å²) in [5.41, 5.74) is 6.83. The zero-order chi connectivity index (χ0) is 16.2. The van der Waals surface area contributed by atoms with Crippen LogP contribution >= 0.6 is 0 Å². The maximum Gasteiger partial charge on any atom is 0.389 e. The number of carbonyl (C=O) groups excluding carboxylic acids is 1. The molecule has 1 aromatic carbocycles. The van der Waals surface area contributed by atoms with E-state index in [-0.39, 0.29) is 17.2 Å². The number of nitrogens with zero attached hydrogens (tertiary/aromatic N) is 5. The normalized spacial score (nSPS) is 11.4. The summed E-state index contributed by atoms with van der Waals surface area (Å²) in [5.74, 6) is -0.564. The number of hydrogen-bond donors (Lipinski definition) is 1. The van der Waals surface area contributed by atoms with Crippen molar-refractivity contribution in [3.05, 3.63) is 48.2 Å². The molecular weight excluding hydrogens is 300 g/mol. The van der Waals surface area contributed by atoms with Crippen LogP contribution < -0.4 is 10.6 Å². The molecule has 2 aromatic heterocycles. The minimum absolute atomic E-state index is 0.139. The van der Waals surface area contributed by atoms with E-state index in [1.807, 2.05) is 0 Å². The zero-order valence-corrected chi connectivity index (χ0v) is 12.1. The topological polar surface area (TPSA) is 118 Å². The van der Waals surface area contributed by atoms with E-state index in [0.29, 0.717) is 11.0 Å². The zero-order valence-electron chi connectivity index (χ0n) is 12.1. The average Bonchev–Trinajstić information content (AvgIpc) is 2.96. The van der Waals surface area contributed by atoms with Crippen molar-refractivity contribution in [1.29, 1.82) is 0 Å². The number of hydrogen-bond acceptors (Lipinski definition) is 8. The van der Waals surface area contributed by atoms with Crippen LogP contribution in [-0.2, 0) is 9.63 Å². The number of oxime groups is 1. The Morgan fingerprint density at radius 2 is 2.04 bits per heavy atom. The Hall–Kier alpha value is -3.49. The van der Waals surface area contributed by atoms with Crippen molar-refractivity contribution in [2.75, 3.05) is 12.8 Å². The van der Waals surface area contributed by atoms with Gasteiger partial charge in [-0.25, -0.2) is 9.78 Å². The molecule has 116 valence electrons. The van der Waals surface area contributed by atoms with Crippen LogP contribution in [0.15, 0.2) is 47.6 Å². The largest absolute Gasteiger partial charge is 0.398 e. The second kappa shape index (κ2) is 6.10. The Labute approximate surface area is 130 Å². The highest BCUT2D eigenvalue weighted by molar-refractivity contribution is 6.42. The fourth-order valence-electron chi connectivity index (χ4n) is 1.90. The van der Waals surface area contributed by atoms with Gasteiger partial charge < -0.3 is 15.4 Å².